The highest BCUT2D eigenvalue weighted by molar-refractivity contribution is 7.24. The molecule has 2 atom stereocenters. The molecule has 2 amide bonds. The molecule has 2 fully saturated rings. The Morgan fingerprint density at radius 2 is 1.26 bits per heavy atom. The Morgan fingerprint density at radius 1 is 0.816 bits per heavy atom. The average Bonchev–Trinajstić information content (AvgIpc) is 3.47. The summed E-state index contributed by atoms with van der Waals surface area (Å²) in [6, 6.07) is 4.20. The zero-order chi connectivity index (χ0) is 26.8. The third-order valence-electron chi connectivity index (χ3n) is 7.46. The van der Waals surface area contributed by atoms with Crippen LogP contribution in [-0.2, 0) is 9.59 Å². The van der Waals surface area contributed by atoms with Crippen LogP contribution in [0.5, 0.6) is 0 Å². The van der Waals surface area contributed by atoms with Gasteiger partial charge >= 0.3 is 0 Å². The molecule has 1 aromatic carbocycles. The third kappa shape index (κ3) is 5.43. The van der Waals surface area contributed by atoms with E-state index in [9.17, 15) is 19.8 Å². The number of aromatic nitrogens is 2. The molecule has 12 heteroatoms. The minimum atomic E-state index is -0.0906. The van der Waals surface area contributed by atoms with Gasteiger partial charge in [-0.05, 0) is 50.7 Å². The van der Waals surface area contributed by atoms with Crippen molar-refractivity contribution in [2.75, 3.05) is 36.3 Å². The van der Waals surface area contributed by atoms with Crippen molar-refractivity contribution in [2.45, 2.75) is 77.3 Å². The van der Waals surface area contributed by atoms with E-state index in [2.05, 4.69) is 10.0 Å². The quantitative estimate of drug-likeness (QED) is 0.426. The first-order valence-corrected chi connectivity index (χ1v) is 15.1. The SMILES string of the molecule is CC(=O)N(c1nc2cc3nc(N(C(C)=O)N4CCCCC4CCO)sc3cc2s1)N1CCCCC1CCO. The number of thiazole rings is 2. The van der Waals surface area contributed by atoms with Crippen LogP contribution in [0.15, 0.2) is 12.1 Å². The number of fused-ring (bicyclic) bond motifs is 2. The Kier molecular flexibility index (Phi) is 8.56. The van der Waals surface area contributed by atoms with Gasteiger partial charge in [-0.2, -0.15) is 0 Å². The van der Waals surface area contributed by atoms with Gasteiger partial charge in [0, 0.05) is 52.2 Å². The maximum atomic E-state index is 12.8. The van der Waals surface area contributed by atoms with E-state index < -0.39 is 0 Å². The Labute approximate surface area is 230 Å². The smallest absolute Gasteiger partial charge is 0.240 e. The summed E-state index contributed by atoms with van der Waals surface area (Å²) >= 11 is 2.94. The number of aliphatic hydroxyl groups is 2. The first kappa shape index (κ1) is 27.4. The van der Waals surface area contributed by atoms with Crippen LogP contribution in [-0.4, -0.2) is 80.4 Å². The molecule has 0 aliphatic carbocycles. The number of amides is 2. The highest BCUT2D eigenvalue weighted by Gasteiger charge is 2.33. The molecule has 0 saturated carbocycles. The number of nitrogens with zero attached hydrogens (tertiary/aromatic N) is 6. The second-order valence-corrected chi connectivity index (χ2v) is 12.1. The molecule has 2 aromatic heterocycles. The molecule has 0 radical (unpaired) electrons. The summed E-state index contributed by atoms with van der Waals surface area (Å²) in [4.78, 5) is 35.2. The minimum Gasteiger partial charge on any atom is -0.396 e. The number of hydrogen-bond acceptors (Lipinski definition) is 10. The van der Waals surface area contributed by atoms with Gasteiger partial charge in [-0.1, -0.05) is 35.5 Å². The van der Waals surface area contributed by atoms with Gasteiger partial charge in [0.05, 0.1) is 20.4 Å². The van der Waals surface area contributed by atoms with Crippen molar-refractivity contribution in [1.82, 2.24) is 20.0 Å². The Morgan fingerprint density at radius 3 is 1.66 bits per heavy atom. The molecule has 0 bridgehead atoms. The number of carbonyl (C=O) groups is 2. The molecule has 3 aromatic rings. The fourth-order valence-electron chi connectivity index (χ4n) is 5.74. The Balaban J connectivity index is 1.48. The van der Waals surface area contributed by atoms with Crippen molar-refractivity contribution in [3.05, 3.63) is 12.1 Å². The molecule has 4 heterocycles. The molecular weight excluding hydrogens is 524 g/mol. The van der Waals surface area contributed by atoms with Gasteiger partial charge in [-0.15, -0.1) is 0 Å². The maximum Gasteiger partial charge on any atom is 0.240 e. The molecule has 5 rings (SSSR count). The Hall–Kier alpha value is -2.22. The number of piperidine rings is 2. The fourth-order valence-corrected chi connectivity index (χ4v) is 7.91. The van der Waals surface area contributed by atoms with Crippen molar-refractivity contribution in [3.63, 3.8) is 0 Å². The predicted octanol–water partition coefficient (Wildman–Crippen LogP) is 3.92. The molecule has 0 spiro atoms. The van der Waals surface area contributed by atoms with Crippen molar-refractivity contribution >= 4 is 65.2 Å². The number of benzene rings is 1. The highest BCUT2D eigenvalue weighted by atomic mass is 32.1. The summed E-state index contributed by atoms with van der Waals surface area (Å²) in [5, 5.41) is 27.9. The topological polar surface area (TPSA) is 113 Å². The van der Waals surface area contributed by atoms with Crippen LogP contribution in [0.3, 0.4) is 0 Å². The van der Waals surface area contributed by atoms with Crippen LogP contribution >= 0.6 is 22.7 Å². The first-order valence-electron chi connectivity index (χ1n) is 13.5. The van der Waals surface area contributed by atoms with Gasteiger partial charge in [0.2, 0.25) is 22.1 Å². The van der Waals surface area contributed by atoms with Gasteiger partial charge in [0.1, 0.15) is 0 Å². The van der Waals surface area contributed by atoms with Gasteiger partial charge in [0.15, 0.2) is 0 Å². The van der Waals surface area contributed by atoms with Crippen molar-refractivity contribution in [1.29, 1.82) is 0 Å². The summed E-state index contributed by atoms with van der Waals surface area (Å²) in [7, 11) is 0. The number of hydrogen-bond donors (Lipinski definition) is 2. The predicted molar refractivity (Wildman–Crippen MR) is 151 cm³/mol. The number of rotatable bonds is 8. The number of hydrazine groups is 2. The molecule has 38 heavy (non-hydrogen) atoms. The highest BCUT2D eigenvalue weighted by Crippen LogP contribution is 2.38. The second-order valence-electron chi connectivity index (χ2n) is 10.1. The molecule has 10 nitrogen and oxygen atoms in total. The van der Waals surface area contributed by atoms with Crippen LogP contribution in [0.2, 0.25) is 0 Å². The molecule has 2 saturated heterocycles. The van der Waals surface area contributed by atoms with Crippen LogP contribution in [0.4, 0.5) is 10.3 Å². The zero-order valence-electron chi connectivity index (χ0n) is 22.0. The summed E-state index contributed by atoms with van der Waals surface area (Å²) in [5.74, 6) is -0.181. The first-order chi connectivity index (χ1) is 18.4. The maximum absolute atomic E-state index is 12.8. The summed E-state index contributed by atoms with van der Waals surface area (Å²) < 4.78 is 1.91. The average molecular weight is 561 g/mol. The lowest BCUT2D eigenvalue weighted by Gasteiger charge is -2.41. The van der Waals surface area contributed by atoms with Crippen LogP contribution < -0.4 is 10.0 Å². The fraction of sp³-hybridized carbons (Fsp3) is 0.615. The largest absolute Gasteiger partial charge is 0.396 e. The zero-order valence-corrected chi connectivity index (χ0v) is 23.6. The Bertz CT molecular complexity index is 1150. The molecule has 2 N–H and O–H groups in total. The van der Waals surface area contributed by atoms with Gasteiger partial charge in [0.25, 0.3) is 0 Å². The number of carbonyl (C=O) groups excluding carboxylic acids is 2. The van der Waals surface area contributed by atoms with E-state index in [1.54, 1.807) is 23.9 Å². The van der Waals surface area contributed by atoms with Crippen LogP contribution in [0, 0.1) is 0 Å². The summed E-state index contributed by atoms with van der Waals surface area (Å²) in [5.41, 5.74) is 1.53. The lowest BCUT2D eigenvalue weighted by molar-refractivity contribution is -0.121. The standard InChI is InChI=1S/C26H36N6O4S2/c1-17(35)31(29-11-5-3-7-19(29)9-13-33)25-27-21-15-22-24(16-23(21)37-25)38-26(28-22)32(18(2)36)30-12-6-4-8-20(30)10-14-34/h15-16,19-20,33-34H,3-14H2,1-2H3. The van der Waals surface area contributed by atoms with E-state index in [-0.39, 0.29) is 37.1 Å². The molecule has 2 aliphatic rings. The molecule has 206 valence electrons. The van der Waals surface area contributed by atoms with Crippen LogP contribution in [0.1, 0.15) is 65.2 Å². The van der Waals surface area contributed by atoms with E-state index in [1.165, 1.54) is 22.7 Å². The normalized spacial score (nSPS) is 21.3. The van der Waals surface area contributed by atoms with E-state index in [4.69, 9.17) is 9.97 Å². The molecule has 2 unspecified atom stereocenters. The van der Waals surface area contributed by atoms with E-state index in [0.29, 0.717) is 23.1 Å². The van der Waals surface area contributed by atoms with E-state index in [0.717, 1.165) is 72.0 Å². The third-order valence-corrected chi connectivity index (χ3v) is 9.45. The summed E-state index contributed by atoms with van der Waals surface area (Å²) in [6.45, 7) is 4.82. The lowest BCUT2D eigenvalue weighted by Crippen LogP contribution is -2.53. The monoisotopic (exact) mass is 560 g/mol. The number of aliphatic hydroxyl groups excluding tert-OH is 2. The van der Waals surface area contributed by atoms with Gasteiger partial charge < -0.3 is 10.2 Å². The van der Waals surface area contributed by atoms with Crippen LogP contribution in [0.25, 0.3) is 20.4 Å². The number of anilines is 2. The van der Waals surface area contributed by atoms with E-state index >= 15 is 0 Å². The van der Waals surface area contributed by atoms with Gasteiger partial charge in [-0.25, -0.2) is 30.0 Å². The van der Waals surface area contributed by atoms with Crippen molar-refractivity contribution in [3.8, 4) is 0 Å². The van der Waals surface area contributed by atoms with Crippen molar-refractivity contribution < 1.29 is 19.8 Å². The second kappa shape index (κ2) is 11.9. The van der Waals surface area contributed by atoms with E-state index in [1.807, 2.05) is 12.1 Å². The minimum absolute atomic E-state index is 0.0898. The molecule has 2 aliphatic heterocycles. The van der Waals surface area contributed by atoms with Crippen molar-refractivity contribution in [2.24, 2.45) is 0 Å². The molecular formula is C26H36N6O4S2. The lowest BCUT2D eigenvalue weighted by atomic mass is 10.0. The van der Waals surface area contributed by atoms with Gasteiger partial charge in [-0.3, -0.25) is 9.59 Å². The summed E-state index contributed by atoms with van der Waals surface area (Å²) in [6.07, 6.45) is 7.32.